The van der Waals surface area contributed by atoms with Gasteiger partial charge in [-0.2, -0.15) is 0 Å². The number of hydrogen-bond donors (Lipinski definition) is 1. The van der Waals surface area contributed by atoms with Crippen molar-refractivity contribution in [2.24, 2.45) is 0 Å². The van der Waals surface area contributed by atoms with E-state index in [9.17, 15) is 4.79 Å². The summed E-state index contributed by atoms with van der Waals surface area (Å²) in [5.74, 6) is -0.0954. The molecule has 0 aromatic heterocycles. The second-order valence-corrected chi connectivity index (χ2v) is 5.80. The molecule has 3 heteroatoms. The molecular weight excluding hydrogens is 326 g/mol. The Morgan fingerprint density at radius 1 is 1.00 bits per heavy atom. The minimum atomic E-state index is -0.0954. The summed E-state index contributed by atoms with van der Waals surface area (Å²) in [7, 11) is 0. The molecule has 0 heterocycles. The maximum atomic E-state index is 12.4. The Kier molecular flexibility index (Phi) is 3.76. The zero-order chi connectivity index (χ0) is 14.8. The summed E-state index contributed by atoms with van der Waals surface area (Å²) >= 11 is 3.45. The number of halogens is 1. The minimum absolute atomic E-state index is 0.0954. The van der Waals surface area contributed by atoms with Gasteiger partial charge >= 0.3 is 0 Å². The smallest absolute Gasteiger partial charge is 0.255 e. The summed E-state index contributed by atoms with van der Waals surface area (Å²) < 4.78 is 1.00. The third kappa shape index (κ3) is 2.83. The molecular formula is C18H14BrNO. The molecule has 0 aliphatic carbocycles. The monoisotopic (exact) mass is 339 g/mol. The van der Waals surface area contributed by atoms with Crippen LogP contribution in [0.4, 0.5) is 5.69 Å². The first kappa shape index (κ1) is 13.8. The summed E-state index contributed by atoms with van der Waals surface area (Å²) in [6.07, 6.45) is 0. The van der Waals surface area contributed by atoms with Crippen molar-refractivity contribution in [3.05, 3.63) is 76.3 Å². The predicted octanol–water partition coefficient (Wildman–Crippen LogP) is 5.16. The maximum absolute atomic E-state index is 12.4. The van der Waals surface area contributed by atoms with Gasteiger partial charge in [0.05, 0.1) is 0 Å². The van der Waals surface area contributed by atoms with E-state index in [4.69, 9.17) is 0 Å². The Labute approximate surface area is 131 Å². The lowest BCUT2D eigenvalue weighted by atomic mass is 10.1. The quantitative estimate of drug-likeness (QED) is 0.686. The molecule has 0 unspecified atom stereocenters. The molecule has 0 saturated carbocycles. The summed E-state index contributed by atoms with van der Waals surface area (Å²) in [6.45, 7) is 1.97. The summed E-state index contributed by atoms with van der Waals surface area (Å²) in [6, 6.07) is 19.5. The molecule has 2 nitrogen and oxygen atoms in total. The predicted molar refractivity (Wildman–Crippen MR) is 90.8 cm³/mol. The highest BCUT2D eigenvalue weighted by Crippen LogP contribution is 2.24. The molecule has 3 aromatic rings. The molecule has 104 valence electrons. The average Bonchev–Trinajstić information content (AvgIpc) is 2.50. The number of aryl methyl sites for hydroxylation is 1. The Morgan fingerprint density at radius 3 is 2.57 bits per heavy atom. The van der Waals surface area contributed by atoms with Crippen molar-refractivity contribution in [2.45, 2.75) is 6.92 Å². The lowest BCUT2D eigenvalue weighted by Gasteiger charge is -2.09. The van der Waals surface area contributed by atoms with Crippen LogP contribution in [0.25, 0.3) is 10.8 Å². The minimum Gasteiger partial charge on any atom is -0.321 e. The zero-order valence-electron chi connectivity index (χ0n) is 11.6. The number of benzene rings is 3. The van der Waals surface area contributed by atoms with Crippen LogP contribution in [0, 0.1) is 6.92 Å². The van der Waals surface area contributed by atoms with Crippen molar-refractivity contribution in [3.8, 4) is 0 Å². The van der Waals surface area contributed by atoms with Gasteiger partial charge in [-0.1, -0.05) is 52.3 Å². The summed E-state index contributed by atoms with van der Waals surface area (Å²) in [5.41, 5.74) is 2.53. The number of hydrogen-bond acceptors (Lipinski definition) is 1. The maximum Gasteiger partial charge on any atom is 0.255 e. The van der Waals surface area contributed by atoms with Crippen molar-refractivity contribution in [1.29, 1.82) is 0 Å². The molecule has 0 aliphatic heterocycles. The molecule has 0 saturated heterocycles. The van der Waals surface area contributed by atoms with Gasteiger partial charge in [-0.15, -0.1) is 0 Å². The van der Waals surface area contributed by atoms with Crippen LogP contribution in [0.2, 0.25) is 0 Å². The van der Waals surface area contributed by atoms with E-state index in [2.05, 4.69) is 21.2 Å². The number of amides is 1. The molecule has 3 rings (SSSR count). The molecule has 0 bridgehead atoms. The number of carbonyl (C=O) groups is 1. The molecule has 0 fully saturated rings. The Hall–Kier alpha value is -2.13. The molecule has 21 heavy (non-hydrogen) atoms. The van der Waals surface area contributed by atoms with Crippen LogP contribution >= 0.6 is 15.9 Å². The van der Waals surface area contributed by atoms with E-state index in [1.807, 2.05) is 67.6 Å². The molecule has 1 amide bonds. The second kappa shape index (κ2) is 5.70. The van der Waals surface area contributed by atoms with Gasteiger partial charge in [-0.05, 0) is 42.1 Å². The Balaban J connectivity index is 1.94. The van der Waals surface area contributed by atoms with Crippen molar-refractivity contribution in [2.75, 3.05) is 5.32 Å². The Bertz CT molecular complexity index is 821. The molecule has 1 N–H and O–H groups in total. The van der Waals surface area contributed by atoms with Crippen molar-refractivity contribution >= 4 is 38.3 Å². The summed E-state index contributed by atoms with van der Waals surface area (Å²) in [4.78, 5) is 12.4. The molecule has 0 atom stereocenters. The van der Waals surface area contributed by atoms with E-state index in [1.165, 1.54) is 0 Å². The van der Waals surface area contributed by atoms with Gasteiger partial charge in [0.2, 0.25) is 0 Å². The highest BCUT2D eigenvalue weighted by atomic mass is 79.9. The van der Waals surface area contributed by atoms with E-state index in [-0.39, 0.29) is 5.91 Å². The Morgan fingerprint density at radius 2 is 1.76 bits per heavy atom. The third-order valence-electron chi connectivity index (χ3n) is 3.46. The van der Waals surface area contributed by atoms with Crippen molar-refractivity contribution < 1.29 is 4.79 Å². The van der Waals surface area contributed by atoms with E-state index in [1.54, 1.807) is 0 Å². The molecule has 3 aromatic carbocycles. The van der Waals surface area contributed by atoms with Gasteiger partial charge in [-0.25, -0.2) is 0 Å². The van der Waals surface area contributed by atoms with Gasteiger partial charge in [0.25, 0.3) is 5.91 Å². The van der Waals surface area contributed by atoms with Crippen LogP contribution in [0.5, 0.6) is 0 Å². The van der Waals surface area contributed by atoms with Crippen LogP contribution in [0.1, 0.15) is 15.9 Å². The zero-order valence-corrected chi connectivity index (χ0v) is 13.1. The molecule has 0 radical (unpaired) electrons. The molecule has 0 spiro atoms. The second-order valence-electron chi connectivity index (χ2n) is 4.94. The van der Waals surface area contributed by atoms with Gasteiger partial charge in [0.15, 0.2) is 0 Å². The normalized spacial score (nSPS) is 10.6. The lowest BCUT2D eigenvalue weighted by molar-refractivity contribution is 0.102. The number of nitrogens with one attached hydrogen (secondary N) is 1. The van der Waals surface area contributed by atoms with Crippen LogP contribution < -0.4 is 5.32 Å². The van der Waals surface area contributed by atoms with Gasteiger partial charge < -0.3 is 5.32 Å². The van der Waals surface area contributed by atoms with E-state index < -0.39 is 0 Å². The standard InChI is InChI=1S/C18H14BrNO/c1-12-11-14(9-10-16(12)19)18(21)20-17-8-4-6-13-5-2-3-7-15(13)17/h2-11H,1H3,(H,20,21). The van der Waals surface area contributed by atoms with Crippen LogP contribution in [-0.4, -0.2) is 5.91 Å². The SMILES string of the molecule is Cc1cc(C(=O)Nc2cccc3ccccc23)ccc1Br. The highest BCUT2D eigenvalue weighted by molar-refractivity contribution is 9.10. The van der Waals surface area contributed by atoms with Crippen LogP contribution in [-0.2, 0) is 0 Å². The van der Waals surface area contributed by atoms with Gasteiger partial charge in [0, 0.05) is 21.1 Å². The number of anilines is 1. The van der Waals surface area contributed by atoms with Crippen LogP contribution in [0.3, 0.4) is 0 Å². The van der Waals surface area contributed by atoms with E-state index in [0.717, 1.165) is 26.5 Å². The first-order chi connectivity index (χ1) is 10.1. The number of carbonyl (C=O) groups excluding carboxylic acids is 1. The van der Waals surface area contributed by atoms with Crippen LogP contribution in [0.15, 0.2) is 65.1 Å². The first-order valence-corrected chi connectivity index (χ1v) is 7.50. The fourth-order valence-corrected chi connectivity index (χ4v) is 2.56. The van der Waals surface area contributed by atoms with Gasteiger partial charge in [-0.3, -0.25) is 4.79 Å². The van der Waals surface area contributed by atoms with Gasteiger partial charge in [0.1, 0.15) is 0 Å². The third-order valence-corrected chi connectivity index (χ3v) is 4.35. The lowest BCUT2D eigenvalue weighted by Crippen LogP contribution is -2.12. The number of rotatable bonds is 2. The van der Waals surface area contributed by atoms with Crippen molar-refractivity contribution in [3.63, 3.8) is 0 Å². The topological polar surface area (TPSA) is 29.1 Å². The summed E-state index contributed by atoms with van der Waals surface area (Å²) in [5, 5.41) is 5.15. The fourth-order valence-electron chi connectivity index (χ4n) is 2.31. The number of fused-ring (bicyclic) bond motifs is 1. The first-order valence-electron chi connectivity index (χ1n) is 6.70. The van der Waals surface area contributed by atoms with E-state index >= 15 is 0 Å². The van der Waals surface area contributed by atoms with Crippen molar-refractivity contribution in [1.82, 2.24) is 0 Å². The average molecular weight is 340 g/mol. The largest absolute Gasteiger partial charge is 0.321 e. The molecule has 0 aliphatic rings. The highest BCUT2D eigenvalue weighted by Gasteiger charge is 2.09. The van der Waals surface area contributed by atoms with E-state index in [0.29, 0.717) is 5.56 Å². The fraction of sp³-hybridized carbons (Fsp3) is 0.0556.